The molecule has 11 heteroatoms. The molecular formula is C14H22Cl3CrN2O5-2. The summed E-state index contributed by atoms with van der Waals surface area (Å²) in [5.41, 5.74) is 0.602. The molecule has 1 unspecified atom stereocenters. The third kappa shape index (κ3) is 14.4. The Morgan fingerprint density at radius 3 is 2.40 bits per heavy atom. The molecule has 0 radical (unpaired) electrons. The molecule has 2 N–H and O–H groups in total. The number of hydrogen-bond donors (Lipinski definition) is 0. The number of ether oxygens (including phenoxy) is 2. The van der Waals surface area contributed by atoms with E-state index in [1.54, 1.807) is 18.4 Å². The SMILES string of the molecule is CO/C([O-])=C1\C=CC=NC1.COC(=O)C1CCC[N-]C1.O.[Cl][Cr]([Cl])[Cl]. The van der Waals surface area contributed by atoms with E-state index in [-0.39, 0.29) is 23.3 Å². The third-order valence-corrected chi connectivity index (χ3v) is 2.95. The molecule has 0 aromatic heterocycles. The van der Waals surface area contributed by atoms with Crippen molar-refractivity contribution in [1.82, 2.24) is 0 Å². The normalized spacial score (nSPS) is 20.2. The van der Waals surface area contributed by atoms with Crippen molar-refractivity contribution in [3.05, 3.63) is 29.0 Å². The molecule has 147 valence electrons. The van der Waals surface area contributed by atoms with Gasteiger partial charge in [-0.1, -0.05) is 12.5 Å². The maximum absolute atomic E-state index is 10.9. The van der Waals surface area contributed by atoms with Crippen LogP contribution < -0.4 is 5.11 Å². The molecule has 25 heavy (non-hydrogen) atoms. The van der Waals surface area contributed by atoms with Crippen molar-refractivity contribution in [3.63, 3.8) is 0 Å². The van der Waals surface area contributed by atoms with E-state index in [4.69, 9.17) is 30.1 Å². The van der Waals surface area contributed by atoms with Crippen molar-refractivity contribution in [2.75, 3.05) is 33.9 Å². The van der Waals surface area contributed by atoms with Crippen molar-refractivity contribution in [2.45, 2.75) is 12.8 Å². The van der Waals surface area contributed by atoms with Gasteiger partial charge in [0.15, 0.2) is 0 Å². The molecule has 1 fully saturated rings. The fourth-order valence-corrected chi connectivity index (χ4v) is 1.83. The molecular weight excluding hydrogens is 435 g/mol. The van der Waals surface area contributed by atoms with Crippen molar-refractivity contribution >= 4 is 42.3 Å². The Kier molecular flexibility index (Phi) is 18.2. The Morgan fingerprint density at radius 1 is 1.36 bits per heavy atom. The topological polar surface area (TPSA) is 117 Å². The van der Waals surface area contributed by atoms with Gasteiger partial charge in [0.05, 0.1) is 19.6 Å². The second-order valence-corrected chi connectivity index (χ2v) is 10.9. The number of hydrogen-bond acceptors (Lipinski definition) is 5. The third-order valence-electron chi connectivity index (χ3n) is 2.95. The van der Waals surface area contributed by atoms with Gasteiger partial charge < -0.3 is 25.4 Å². The average molecular weight is 457 g/mol. The van der Waals surface area contributed by atoms with E-state index in [0.717, 1.165) is 19.4 Å². The van der Waals surface area contributed by atoms with Crippen LogP contribution in [0.3, 0.4) is 0 Å². The summed E-state index contributed by atoms with van der Waals surface area (Å²) in [4.78, 5) is 14.8. The Balaban J connectivity index is 0. The minimum absolute atomic E-state index is 0. The van der Waals surface area contributed by atoms with E-state index in [1.807, 2.05) is 0 Å². The van der Waals surface area contributed by atoms with E-state index in [0.29, 0.717) is 18.7 Å². The fraction of sp³-hybridized carbons (Fsp3) is 0.571. The van der Waals surface area contributed by atoms with Gasteiger partial charge in [0.1, 0.15) is 0 Å². The standard InChI is InChI=1S/C7H12NO2.C7H9NO2.3ClH.Cr.H2O/c2*1-10-7(9)6-3-2-4-8-5-6;;;;;/h6H,2-5H2,1H3;2-4,9H,5H2,1H3;3*1H;;1H2/q-1;;;;;+3;/p-4/b;7-6+;;;;;. The first kappa shape index (κ1) is 26.8. The zero-order valence-electron chi connectivity index (χ0n) is 13.9. The van der Waals surface area contributed by atoms with Crippen LogP contribution in [0.15, 0.2) is 28.7 Å². The molecule has 0 saturated carbocycles. The molecule has 0 bridgehead atoms. The molecule has 2 aliphatic heterocycles. The summed E-state index contributed by atoms with van der Waals surface area (Å²) in [5, 5.41) is 14.9. The molecule has 1 saturated heterocycles. The predicted octanol–water partition coefficient (Wildman–Crippen LogP) is 2.03. The Morgan fingerprint density at radius 2 is 2.00 bits per heavy atom. The number of methoxy groups -OCH3 is 2. The number of aliphatic imine (C=N–C) groups is 1. The Bertz CT molecular complexity index is 453. The Hall–Kier alpha value is -0.458. The van der Waals surface area contributed by atoms with Gasteiger partial charge in [-0.25, -0.2) is 0 Å². The van der Waals surface area contributed by atoms with Crippen LogP contribution in [-0.4, -0.2) is 51.5 Å². The number of nitrogens with zero attached hydrogens (tertiary/aromatic N) is 2. The van der Waals surface area contributed by atoms with Crippen LogP contribution in [0.2, 0.25) is 0 Å². The molecule has 0 amide bonds. The summed E-state index contributed by atoms with van der Waals surface area (Å²) in [6, 6.07) is 0. The van der Waals surface area contributed by atoms with Crippen LogP contribution in [0, 0.1) is 5.92 Å². The van der Waals surface area contributed by atoms with Gasteiger partial charge >= 0.3 is 47.5 Å². The van der Waals surface area contributed by atoms with Gasteiger partial charge in [0.25, 0.3) is 0 Å². The monoisotopic (exact) mass is 455 g/mol. The summed E-state index contributed by atoms with van der Waals surface area (Å²) in [6.45, 7) is 2.00. The molecule has 0 spiro atoms. The van der Waals surface area contributed by atoms with Gasteiger partial charge in [-0.15, -0.1) is 13.1 Å². The molecule has 0 aromatic rings. The zero-order valence-corrected chi connectivity index (χ0v) is 17.5. The number of halogens is 3. The molecule has 2 aliphatic rings. The number of dihydropyridines is 1. The van der Waals surface area contributed by atoms with Crippen molar-refractivity contribution in [3.8, 4) is 0 Å². The molecule has 2 heterocycles. The quantitative estimate of drug-likeness (QED) is 0.467. The number of carbonyl (C=O) groups is 1. The predicted molar refractivity (Wildman–Crippen MR) is 95.5 cm³/mol. The van der Waals surface area contributed by atoms with Crippen LogP contribution >= 0.6 is 30.1 Å². The molecule has 7 nitrogen and oxygen atoms in total. The van der Waals surface area contributed by atoms with Gasteiger partial charge in [0.2, 0.25) is 0 Å². The van der Waals surface area contributed by atoms with Crippen LogP contribution in [0.1, 0.15) is 12.8 Å². The van der Waals surface area contributed by atoms with E-state index in [2.05, 4.69) is 19.8 Å². The molecule has 0 aromatic carbocycles. The van der Waals surface area contributed by atoms with E-state index in [1.165, 1.54) is 14.2 Å². The summed E-state index contributed by atoms with van der Waals surface area (Å²) in [7, 11) is 17.6. The Labute approximate surface area is 164 Å². The fourth-order valence-electron chi connectivity index (χ4n) is 1.83. The van der Waals surface area contributed by atoms with Crippen molar-refractivity contribution in [2.24, 2.45) is 10.9 Å². The number of rotatable bonds is 2. The second-order valence-electron chi connectivity index (χ2n) is 4.53. The minimum atomic E-state index is -1.62. The summed E-state index contributed by atoms with van der Waals surface area (Å²) in [5.74, 6) is -0.365. The first-order chi connectivity index (χ1) is 11.4. The second kappa shape index (κ2) is 17.0. The molecule has 2 rings (SSSR count). The van der Waals surface area contributed by atoms with Crippen LogP contribution in [0.4, 0.5) is 0 Å². The number of piperidine rings is 1. The van der Waals surface area contributed by atoms with E-state index >= 15 is 0 Å². The number of esters is 1. The average Bonchev–Trinajstić information content (AvgIpc) is 2.62. The first-order valence-electron chi connectivity index (χ1n) is 6.97. The molecule has 0 aliphatic carbocycles. The zero-order chi connectivity index (χ0) is 18.4. The van der Waals surface area contributed by atoms with Gasteiger partial charge in [0, 0.05) is 12.1 Å². The van der Waals surface area contributed by atoms with Crippen LogP contribution in [0.25, 0.3) is 5.32 Å². The van der Waals surface area contributed by atoms with Crippen molar-refractivity contribution in [1.29, 1.82) is 0 Å². The van der Waals surface area contributed by atoms with Gasteiger partial charge in [-0.3, -0.25) is 9.79 Å². The van der Waals surface area contributed by atoms with Gasteiger partial charge in [-0.2, -0.15) is 0 Å². The summed E-state index contributed by atoms with van der Waals surface area (Å²) >= 11 is -1.62. The van der Waals surface area contributed by atoms with Gasteiger partial charge in [-0.05, 0) is 25.2 Å². The first-order valence-corrected chi connectivity index (χ1v) is 12.2. The van der Waals surface area contributed by atoms with E-state index < -0.39 is 11.4 Å². The number of carbonyl (C=O) groups excluding carboxylic acids is 1. The summed E-state index contributed by atoms with van der Waals surface area (Å²) in [6.07, 6.45) is 7.05. The maximum atomic E-state index is 10.9. The molecule has 1 atom stereocenters. The number of allylic oxidation sites excluding steroid dienone is 1. The summed E-state index contributed by atoms with van der Waals surface area (Å²) < 4.78 is 9.08. The van der Waals surface area contributed by atoms with Crippen LogP contribution in [0.5, 0.6) is 0 Å². The van der Waals surface area contributed by atoms with Crippen molar-refractivity contribution < 1.29 is 36.2 Å². The van der Waals surface area contributed by atoms with E-state index in [9.17, 15) is 9.90 Å². The van der Waals surface area contributed by atoms with Crippen LogP contribution in [-0.2, 0) is 25.7 Å².